The fraction of sp³-hybridized carbons (Fsp3) is 0.444. The summed E-state index contributed by atoms with van der Waals surface area (Å²) in [6, 6.07) is 9.72. The molecule has 3 heterocycles. The largest absolute Gasteiger partial charge is 0.493 e. The van der Waals surface area contributed by atoms with Crippen molar-refractivity contribution >= 4 is 60.4 Å². The Morgan fingerprint density at radius 3 is 2.54 bits per heavy atom. The lowest BCUT2D eigenvalue weighted by Crippen LogP contribution is -2.27. The zero-order valence-corrected chi connectivity index (χ0v) is 24.3. The number of thiophene rings is 1. The van der Waals surface area contributed by atoms with Crippen molar-refractivity contribution in [2.45, 2.75) is 60.2 Å². The van der Waals surface area contributed by atoms with Crippen LogP contribution in [0.3, 0.4) is 0 Å². The molecule has 1 aromatic carbocycles. The number of fused-ring (bicyclic) bond motifs is 2. The summed E-state index contributed by atoms with van der Waals surface area (Å²) >= 11 is 4.85. The molecule has 10 heteroatoms. The van der Waals surface area contributed by atoms with Crippen molar-refractivity contribution in [1.29, 1.82) is 0 Å². The van der Waals surface area contributed by atoms with Crippen LogP contribution in [0.4, 0.5) is 4.79 Å². The number of carbonyl (C=O) groups excluding carboxylic acids is 2. The minimum absolute atomic E-state index is 0.116. The Bertz CT molecular complexity index is 1440. The molecule has 0 bridgehead atoms. The molecule has 0 aliphatic carbocycles. The van der Waals surface area contributed by atoms with E-state index < -0.39 is 17.1 Å². The predicted molar refractivity (Wildman–Crippen MR) is 150 cm³/mol. The molecule has 0 atom stereocenters. The van der Waals surface area contributed by atoms with Crippen LogP contribution in [0.1, 0.15) is 52.8 Å². The Morgan fingerprint density at radius 2 is 1.86 bits per heavy atom. The maximum atomic E-state index is 13.0. The van der Waals surface area contributed by atoms with Crippen molar-refractivity contribution in [2.75, 3.05) is 11.9 Å². The normalized spacial score (nSPS) is 12.3. The summed E-state index contributed by atoms with van der Waals surface area (Å²) in [7, 11) is 0. The first-order chi connectivity index (χ1) is 17.4. The Labute approximate surface area is 228 Å². The van der Waals surface area contributed by atoms with Crippen LogP contribution in [0.5, 0.6) is 5.75 Å². The van der Waals surface area contributed by atoms with Gasteiger partial charge in [0.1, 0.15) is 23.7 Å². The number of ether oxygens (including phenoxy) is 3. The highest BCUT2D eigenvalue weighted by Gasteiger charge is 2.27. The van der Waals surface area contributed by atoms with Crippen molar-refractivity contribution in [3.63, 3.8) is 0 Å². The van der Waals surface area contributed by atoms with Crippen molar-refractivity contribution in [1.82, 2.24) is 14.8 Å². The van der Waals surface area contributed by atoms with Gasteiger partial charge in [-0.3, -0.25) is 4.79 Å². The van der Waals surface area contributed by atoms with Gasteiger partial charge in [0, 0.05) is 27.2 Å². The number of alkyl halides is 1. The molecule has 8 nitrogen and oxygen atoms in total. The lowest BCUT2D eigenvalue weighted by atomic mass is 9.97. The van der Waals surface area contributed by atoms with Gasteiger partial charge in [0.15, 0.2) is 0 Å². The Hall–Kier alpha value is -2.85. The number of nitrogens with zero attached hydrogens (tertiary/aromatic N) is 2. The highest BCUT2D eigenvalue weighted by molar-refractivity contribution is 9.09. The van der Waals surface area contributed by atoms with Gasteiger partial charge in [0.2, 0.25) is 0 Å². The zero-order valence-electron chi connectivity index (χ0n) is 21.9. The lowest BCUT2D eigenvalue weighted by Gasteiger charge is -2.19. The van der Waals surface area contributed by atoms with E-state index in [1.165, 1.54) is 16.0 Å². The average Bonchev–Trinajstić information content (AvgIpc) is 3.48. The molecule has 0 saturated heterocycles. The third-order valence-corrected chi connectivity index (χ3v) is 6.99. The van der Waals surface area contributed by atoms with E-state index in [2.05, 4.69) is 26.0 Å². The second-order valence-electron chi connectivity index (χ2n) is 10.8. The summed E-state index contributed by atoms with van der Waals surface area (Å²) in [5, 5.41) is 6.52. The maximum absolute atomic E-state index is 13.0. The zero-order chi connectivity index (χ0) is 27.0. The van der Waals surface area contributed by atoms with Gasteiger partial charge >= 0.3 is 12.1 Å². The number of rotatable bonds is 7. The number of nitrogens with one attached hydrogen (secondary N) is 1. The summed E-state index contributed by atoms with van der Waals surface area (Å²) in [5.74, 6) is 0.495. The topological polar surface area (TPSA) is 95.4 Å². The van der Waals surface area contributed by atoms with Gasteiger partial charge < -0.3 is 19.2 Å². The molecule has 0 unspecified atom stereocenters. The third-order valence-electron chi connectivity index (χ3n) is 5.33. The van der Waals surface area contributed by atoms with Gasteiger partial charge in [0.25, 0.3) is 0 Å². The molecular weight excluding hydrogens is 558 g/mol. The number of halogens is 1. The van der Waals surface area contributed by atoms with E-state index in [-0.39, 0.29) is 12.6 Å². The minimum Gasteiger partial charge on any atom is -0.493 e. The number of esters is 1. The SMILES string of the molecule is CC(C)(C)OC(=O)n1nc(-c2cc3ccc(OCCCBr)cc3[nH]2)c2sc(COC(=O)C(C)(C)C)cc21. The van der Waals surface area contributed by atoms with Gasteiger partial charge in [-0.05, 0) is 72.2 Å². The number of aromatic amines is 1. The molecule has 198 valence electrons. The maximum Gasteiger partial charge on any atom is 0.435 e. The number of hydrogen-bond acceptors (Lipinski definition) is 7. The van der Waals surface area contributed by atoms with Crippen LogP contribution >= 0.6 is 27.3 Å². The Kier molecular flexibility index (Phi) is 7.71. The molecule has 0 radical (unpaired) electrons. The number of benzene rings is 1. The van der Waals surface area contributed by atoms with Crippen LogP contribution < -0.4 is 4.74 Å². The van der Waals surface area contributed by atoms with Crippen LogP contribution in [0.2, 0.25) is 0 Å². The van der Waals surface area contributed by atoms with Crippen LogP contribution in [-0.2, 0) is 20.9 Å². The summed E-state index contributed by atoms with van der Waals surface area (Å²) in [4.78, 5) is 29.6. The first-order valence-electron chi connectivity index (χ1n) is 12.1. The third kappa shape index (κ3) is 6.35. The molecule has 3 aromatic heterocycles. The molecule has 0 spiro atoms. The van der Waals surface area contributed by atoms with E-state index >= 15 is 0 Å². The smallest absolute Gasteiger partial charge is 0.435 e. The molecule has 4 rings (SSSR count). The van der Waals surface area contributed by atoms with Crippen LogP contribution in [-0.4, -0.2) is 44.4 Å². The predicted octanol–water partition coefficient (Wildman–Crippen LogP) is 7.28. The molecule has 1 N–H and O–H groups in total. The van der Waals surface area contributed by atoms with E-state index in [1.54, 1.807) is 0 Å². The fourth-order valence-corrected chi connectivity index (χ4v) is 4.85. The summed E-state index contributed by atoms with van der Waals surface area (Å²) in [5.41, 5.74) is 1.62. The van der Waals surface area contributed by atoms with Gasteiger partial charge in [-0.25, -0.2) is 4.79 Å². The number of H-pyrrole nitrogens is 1. The van der Waals surface area contributed by atoms with Crippen LogP contribution in [0, 0.1) is 5.41 Å². The number of aromatic nitrogens is 3. The first-order valence-corrected chi connectivity index (χ1v) is 14.0. The number of carbonyl (C=O) groups is 2. The van der Waals surface area contributed by atoms with E-state index in [4.69, 9.17) is 14.2 Å². The second kappa shape index (κ2) is 10.5. The highest BCUT2D eigenvalue weighted by atomic mass is 79.9. The van der Waals surface area contributed by atoms with Crippen LogP contribution in [0.25, 0.3) is 32.5 Å². The molecule has 0 aliphatic rings. The monoisotopic (exact) mass is 589 g/mol. The summed E-state index contributed by atoms with van der Waals surface area (Å²) in [6.07, 6.45) is 0.346. The van der Waals surface area contributed by atoms with Crippen molar-refractivity contribution in [3.8, 4) is 17.1 Å². The van der Waals surface area contributed by atoms with Gasteiger partial charge in [-0.15, -0.1) is 11.3 Å². The summed E-state index contributed by atoms with van der Waals surface area (Å²) < 4.78 is 19.0. The van der Waals surface area contributed by atoms with E-state index in [0.29, 0.717) is 17.8 Å². The van der Waals surface area contributed by atoms with E-state index in [1.807, 2.05) is 71.9 Å². The van der Waals surface area contributed by atoms with E-state index in [0.717, 1.165) is 43.7 Å². The highest BCUT2D eigenvalue weighted by Crippen LogP contribution is 2.37. The lowest BCUT2D eigenvalue weighted by molar-refractivity contribution is -0.154. The van der Waals surface area contributed by atoms with E-state index in [9.17, 15) is 9.59 Å². The minimum atomic E-state index is -0.678. The molecule has 4 aromatic rings. The second-order valence-corrected chi connectivity index (χ2v) is 12.7. The van der Waals surface area contributed by atoms with Crippen molar-refractivity contribution in [3.05, 3.63) is 35.2 Å². The van der Waals surface area contributed by atoms with Gasteiger partial charge in [-0.1, -0.05) is 15.9 Å². The van der Waals surface area contributed by atoms with Gasteiger partial charge in [-0.2, -0.15) is 9.78 Å². The Morgan fingerprint density at radius 1 is 1.11 bits per heavy atom. The molecule has 0 fully saturated rings. The quantitative estimate of drug-likeness (QED) is 0.138. The molecule has 0 saturated carbocycles. The van der Waals surface area contributed by atoms with Gasteiger partial charge in [0.05, 0.1) is 27.9 Å². The van der Waals surface area contributed by atoms with Crippen molar-refractivity contribution < 1.29 is 23.8 Å². The average molecular weight is 591 g/mol. The standard InChI is InChI=1S/C27H32BrN3O5S/c1-26(2,3)24(32)35-15-18-14-21-23(37-18)22(30-31(21)25(33)36-27(4,5)6)20-12-16-8-9-17(13-19(16)29-20)34-11-7-10-28/h8-9,12-14,29H,7,10-11,15H2,1-6H3. The van der Waals surface area contributed by atoms with Crippen molar-refractivity contribution in [2.24, 2.45) is 5.41 Å². The molecular formula is C27H32BrN3O5S. The molecule has 37 heavy (non-hydrogen) atoms. The number of hydrogen-bond donors (Lipinski definition) is 1. The Balaban J connectivity index is 1.72. The molecule has 0 aliphatic heterocycles. The molecule has 0 amide bonds. The first kappa shape index (κ1) is 27.2. The fourth-order valence-electron chi connectivity index (χ4n) is 3.57. The summed E-state index contributed by atoms with van der Waals surface area (Å²) in [6.45, 7) is 11.6. The van der Waals surface area contributed by atoms with Crippen LogP contribution in [0.15, 0.2) is 30.3 Å².